The van der Waals surface area contributed by atoms with Gasteiger partial charge in [0.2, 0.25) is 5.95 Å². The van der Waals surface area contributed by atoms with Crippen LogP contribution in [0.25, 0.3) is 0 Å². The van der Waals surface area contributed by atoms with E-state index in [-0.39, 0.29) is 12.0 Å². The van der Waals surface area contributed by atoms with Crippen LogP contribution in [0.15, 0.2) is 30.7 Å². The summed E-state index contributed by atoms with van der Waals surface area (Å²) in [5.74, 6) is -1.18. The van der Waals surface area contributed by atoms with Gasteiger partial charge in [0, 0.05) is 42.9 Å². The van der Waals surface area contributed by atoms with Gasteiger partial charge >= 0.3 is 0 Å². The van der Waals surface area contributed by atoms with E-state index in [0.29, 0.717) is 51.4 Å². The van der Waals surface area contributed by atoms with Crippen LogP contribution in [0.1, 0.15) is 31.2 Å². The number of aromatic nitrogens is 3. The number of anilines is 3. The molecular weight excluding hydrogens is 400 g/mol. The van der Waals surface area contributed by atoms with E-state index in [1.807, 2.05) is 19.1 Å². The van der Waals surface area contributed by atoms with Crippen molar-refractivity contribution in [1.82, 2.24) is 19.9 Å². The van der Waals surface area contributed by atoms with Crippen molar-refractivity contribution in [1.29, 1.82) is 5.26 Å². The van der Waals surface area contributed by atoms with Crippen LogP contribution in [0.5, 0.6) is 0 Å². The molecule has 31 heavy (non-hydrogen) atoms. The molecule has 1 aliphatic carbocycles. The van der Waals surface area contributed by atoms with Crippen LogP contribution in [0, 0.1) is 23.7 Å². The van der Waals surface area contributed by atoms with Crippen molar-refractivity contribution in [2.24, 2.45) is 5.41 Å². The molecule has 2 aromatic heterocycles. The highest BCUT2D eigenvalue weighted by Gasteiger charge is 2.71. The van der Waals surface area contributed by atoms with Crippen LogP contribution in [0.3, 0.4) is 0 Å². The van der Waals surface area contributed by atoms with Gasteiger partial charge in [0.25, 0.3) is 5.92 Å². The fraction of sp³-hybridized carbons (Fsp3) is 0.545. The summed E-state index contributed by atoms with van der Waals surface area (Å²) in [6, 6.07) is 6.05. The Balaban J connectivity index is 1.29. The Bertz CT molecular complexity index is 1010. The minimum atomic E-state index is -2.50. The molecule has 2 aliphatic heterocycles. The Kier molecular flexibility index (Phi) is 4.59. The summed E-state index contributed by atoms with van der Waals surface area (Å²) >= 11 is 0. The number of hydrogen-bond acceptors (Lipinski definition) is 7. The molecule has 1 N–H and O–H groups in total. The molecule has 3 aliphatic rings. The number of aryl methyl sites for hydroxylation is 1. The molecule has 2 aromatic rings. The van der Waals surface area contributed by atoms with Crippen LogP contribution in [0.2, 0.25) is 0 Å². The van der Waals surface area contributed by atoms with E-state index in [2.05, 4.69) is 36.1 Å². The molecule has 3 fully saturated rings. The van der Waals surface area contributed by atoms with Crippen LogP contribution >= 0.6 is 0 Å². The summed E-state index contributed by atoms with van der Waals surface area (Å²) < 4.78 is 27.5. The highest BCUT2D eigenvalue weighted by molar-refractivity contribution is 5.57. The molecule has 0 unspecified atom stereocenters. The van der Waals surface area contributed by atoms with Crippen molar-refractivity contribution in [3.05, 3.63) is 36.3 Å². The Labute approximate surface area is 180 Å². The number of pyridine rings is 1. The zero-order chi connectivity index (χ0) is 21.7. The van der Waals surface area contributed by atoms with E-state index >= 15 is 0 Å². The van der Waals surface area contributed by atoms with Crippen LogP contribution < -0.4 is 10.2 Å². The second kappa shape index (κ2) is 7.09. The molecule has 0 atom stereocenters. The first-order valence-electron chi connectivity index (χ1n) is 10.6. The number of hydrogen-bond donors (Lipinski definition) is 1. The minimum Gasteiger partial charge on any atom is -0.352 e. The second-order valence-electron chi connectivity index (χ2n) is 9.13. The second-order valence-corrected chi connectivity index (χ2v) is 9.13. The molecular formula is C22H25F2N7. The van der Waals surface area contributed by atoms with Gasteiger partial charge < -0.3 is 10.2 Å². The fourth-order valence-corrected chi connectivity index (χ4v) is 5.10. The number of rotatable bonds is 5. The van der Waals surface area contributed by atoms with Crippen molar-refractivity contribution in [2.75, 3.05) is 36.4 Å². The highest BCUT2D eigenvalue weighted by atomic mass is 19.3. The van der Waals surface area contributed by atoms with Crippen LogP contribution in [-0.4, -0.2) is 57.5 Å². The largest absolute Gasteiger partial charge is 0.352 e. The normalized spacial score (nSPS) is 23.1. The summed E-state index contributed by atoms with van der Waals surface area (Å²) in [6.07, 6.45) is 6.63. The molecule has 0 amide bonds. The van der Waals surface area contributed by atoms with E-state index < -0.39 is 11.3 Å². The van der Waals surface area contributed by atoms with E-state index in [0.717, 1.165) is 17.1 Å². The Morgan fingerprint density at radius 3 is 2.58 bits per heavy atom. The third-order valence-electron chi connectivity index (χ3n) is 7.14. The van der Waals surface area contributed by atoms with Crippen LogP contribution in [-0.2, 0) is 0 Å². The van der Waals surface area contributed by atoms with Crippen molar-refractivity contribution in [3.8, 4) is 6.07 Å². The summed E-state index contributed by atoms with van der Waals surface area (Å²) in [4.78, 5) is 17.6. The van der Waals surface area contributed by atoms with E-state index in [1.54, 1.807) is 18.6 Å². The van der Waals surface area contributed by atoms with Crippen molar-refractivity contribution in [3.63, 3.8) is 0 Å². The average Bonchev–Trinajstić information content (AvgIpc) is 3.26. The van der Waals surface area contributed by atoms with Gasteiger partial charge in [0.1, 0.15) is 5.82 Å². The first-order chi connectivity index (χ1) is 14.9. The highest BCUT2D eigenvalue weighted by Crippen LogP contribution is 2.66. The van der Waals surface area contributed by atoms with E-state index in [9.17, 15) is 14.0 Å². The summed E-state index contributed by atoms with van der Waals surface area (Å²) in [5, 5.41) is 12.6. The summed E-state index contributed by atoms with van der Waals surface area (Å²) in [5.41, 5.74) is 0.683. The van der Waals surface area contributed by atoms with Gasteiger partial charge in [0.05, 0.1) is 29.9 Å². The summed E-state index contributed by atoms with van der Waals surface area (Å²) in [7, 11) is 0. The van der Waals surface area contributed by atoms with Crippen molar-refractivity contribution in [2.45, 2.75) is 44.1 Å². The topological polar surface area (TPSA) is 81.0 Å². The first-order valence-corrected chi connectivity index (χ1v) is 10.6. The number of piperidine rings is 1. The third-order valence-corrected chi connectivity index (χ3v) is 7.14. The zero-order valence-electron chi connectivity index (χ0n) is 17.5. The lowest BCUT2D eigenvalue weighted by Gasteiger charge is -2.57. The molecule has 0 radical (unpaired) electrons. The van der Waals surface area contributed by atoms with Gasteiger partial charge in [-0.05, 0) is 45.0 Å². The van der Waals surface area contributed by atoms with Gasteiger partial charge in [-0.25, -0.2) is 13.8 Å². The number of nitrogens with zero attached hydrogens (tertiary/aromatic N) is 6. The smallest absolute Gasteiger partial charge is 0.254 e. The third kappa shape index (κ3) is 3.39. The maximum atomic E-state index is 13.8. The molecule has 1 saturated carbocycles. The lowest BCUT2D eigenvalue weighted by molar-refractivity contribution is -0.0128. The first kappa shape index (κ1) is 20.1. The maximum Gasteiger partial charge on any atom is 0.254 e. The molecule has 0 aromatic carbocycles. The van der Waals surface area contributed by atoms with E-state index in [4.69, 9.17) is 0 Å². The fourth-order valence-electron chi connectivity index (χ4n) is 5.10. The summed E-state index contributed by atoms with van der Waals surface area (Å²) in [6.45, 7) is 4.54. The zero-order valence-corrected chi connectivity index (χ0v) is 17.5. The lowest BCUT2D eigenvalue weighted by Crippen LogP contribution is -2.71. The monoisotopic (exact) mass is 425 g/mol. The predicted octanol–water partition coefficient (Wildman–Crippen LogP) is 3.52. The van der Waals surface area contributed by atoms with Crippen LogP contribution in [0.4, 0.5) is 26.2 Å². The molecule has 4 heterocycles. The van der Waals surface area contributed by atoms with Gasteiger partial charge in [-0.1, -0.05) is 0 Å². The van der Waals surface area contributed by atoms with Crippen molar-refractivity contribution < 1.29 is 8.78 Å². The standard InChI is InChI=1S/C22H25F2N7/c1-16-11-27-19(28-17-3-2-8-26-12-17)29-18(16)30-14-21(15-30,4-7-25)31-9-5-20(6-10-31)13-22(20,23)24/h2-3,8,11-12H,4-6,9-10,13-15H2,1H3,(H,27,28,29). The van der Waals surface area contributed by atoms with Gasteiger partial charge in [-0.15, -0.1) is 0 Å². The average molecular weight is 425 g/mol. The van der Waals surface area contributed by atoms with Gasteiger partial charge in [0.15, 0.2) is 0 Å². The number of nitriles is 1. The number of alkyl halides is 2. The Morgan fingerprint density at radius 1 is 1.23 bits per heavy atom. The van der Waals surface area contributed by atoms with Gasteiger partial charge in [-0.3, -0.25) is 9.88 Å². The lowest BCUT2D eigenvalue weighted by atomic mass is 9.81. The molecule has 7 nitrogen and oxygen atoms in total. The number of likely N-dealkylation sites (tertiary alicyclic amines) is 1. The van der Waals surface area contributed by atoms with E-state index in [1.165, 1.54) is 0 Å². The predicted molar refractivity (Wildman–Crippen MR) is 112 cm³/mol. The Morgan fingerprint density at radius 2 is 1.97 bits per heavy atom. The maximum absolute atomic E-state index is 13.8. The van der Waals surface area contributed by atoms with Gasteiger partial charge in [-0.2, -0.15) is 10.2 Å². The number of nitrogens with one attached hydrogen (secondary N) is 1. The minimum absolute atomic E-state index is 0.0258. The molecule has 5 rings (SSSR count). The number of halogens is 2. The molecule has 2 saturated heterocycles. The molecule has 0 bridgehead atoms. The molecule has 162 valence electrons. The molecule has 9 heteroatoms. The Hall–Kier alpha value is -2.86. The quantitative estimate of drug-likeness (QED) is 0.785. The molecule has 1 spiro atoms. The van der Waals surface area contributed by atoms with Crippen molar-refractivity contribution >= 4 is 17.5 Å². The SMILES string of the molecule is Cc1cnc(Nc2cccnc2)nc1N1CC(CC#N)(N2CCC3(CC2)CC3(F)F)C1.